The van der Waals surface area contributed by atoms with Gasteiger partial charge in [-0.25, -0.2) is 4.79 Å². The first-order valence-electron chi connectivity index (χ1n) is 6.72. The van der Waals surface area contributed by atoms with Gasteiger partial charge >= 0.3 is 11.9 Å². The zero-order valence-corrected chi connectivity index (χ0v) is 12.9. The Labute approximate surface area is 131 Å². The molecule has 1 aliphatic rings. The lowest BCUT2D eigenvalue weighted by atomic mass is 10.1. The van der Waals surface area contributed by atoms with Crippen molar-refractivity contribution in [3.63, 3.8) is 0 Å². The van der Waals surface area contributed by atoms with E-state index in [-0.39, 0.29) is 18.2 Å². The van der Waals surface area contributed by atoms with E-state index in [0.717, 1.165) is 0 Å². The fourth-order valence-electron chi connectivity index (χ4n) is 2.19. The van der Waals surface area contributed by atoms with Gasteiger partial charge in [0.25, 0.3) is 0 Å². The summed E-state index contributed by atoms with van der Waals surface area (Å²) in [4.78, 5) is 32.7. The van der Waals surface area contributed by atoms with Gasteiger partial charge in [0.2, 0.25) is 5.91 Å². The number of thioether (sulfide) groups is 1. The van der Waals surface area contributed by atoms with E-state index in [9.17, 15) is 19.5 Å². The highest BCUT2D eigenvalue weighted by atomic mass is 32.2. The molecule has 9 nitrogen and oxygen atoms in total. The van der Waals surface area contributed by atoms with Crippen LogP contribution >= 0.6 is 11.8 Å². The molecule has 0 aromatic rings. The number of amides is 1. The maximum atomic E-state index is 11.0. The summed E-state index contributed by atoms with van der Waals surface area (Å²) in [7, 11) is 0. The van der Waals surface area contributed by atoms with Gasteiger partial charge in [0.1, 0.15) is 12.1 Å². The minimum absolute atomic E-state index is 0.148. The van der Waals surface area contributed by atoms with Gasteiger partial charge in [-0.3, -0.25) is 9.59 Å². The number of carboxylic acid groups (broad SMARTS) is 2. The minimum Gasteiger partial charge on any atom is -0.480 e. The molecule has 1 amide bonds. The number of hydrogen-bond donors (Lipinski definition) is 6. The molecule has 4 unspecified atom stereocenters. The average molecular weight is 335 g/mol. The van der Waals surface area contributed by atoms with Gasteiger partial charge in [-0.05, 0) is 6.42 Å². The van der Waals surface area contributed by atoms with Gasteiger partial charge in [0.05, 0.1) is 6.10 Å². The van der Waals surface area contributed by atoms with Crippen LogP contribution in [0.4, 0.5) is 0 Å². The van der Waals surface area contributed by atoms with Crippen LogP contribution in [0.2, 0.25) is 0 Å². The van der Waals surface area contributed by atoms with Gasteiger partial charge in [-0.2, -0.15) is 11.8 Å². The molecule has 0 aromatic heterocycles. The number of carbonyl (C=O) groups excluding carboxylic acids is 1. The standard InChI is InChI=1S/C12H21N3O6S/c1-5(16)14-8(11(18)19)4-22-3-7-9(17)2-6(15-7)10(13)12(20)21/h6-10,15,17H,2-4,13H2,1H3,(H,14,16)(H,18,19)(H,20,21)/t6?,7?,8-,9?,10?/m0/s1. The van der Waals surface area contributed by atoms with Crippen molar-refractivity contribution in [1.82, 2.24) is 10.6 Å². The molecule has 0 saturated carbocycles. The Hall–Kier alpha value is -1.36. The Bertz CT molecular complexity index is 435. The lowest BCUT2D eigenvalue weighted by molar-refractivity contribution is -0.141. The van der Waals surface area contributed by atoms with Crippen LogP contribution in [0.3, 0.4) is 0 Å². The Morgan fingerprint density at radius 1 is 1.36 bits per heavy atom. The molecule has 10 heteroatoms. The van der Waals surface area contributed by atoms with Gasteiger partial charge in [-0.15, -0.1) is 0 Å². The lowest BCUT2D eigenvalue weighted by Crippen LogP contribution is -2.49. The molecule has 0 bridgehead atoms. The van der Waals surface area contributed by atoms with E-state index in [1.54, 1.807) is 0 Å². The number of nitrogens with two attached hydrogens (primary N) is 1. The van der Waals surface area contributed by atoms with Crippen LogP contribution in [-0.4, -0.2) is 74.9 Å². The molecule has 0 aliphatic carbocycles. The van der Waals surface area contributed by atoms with Gasteiger partial charge < -0.3 is 31.7 Å². The highest BCUT2D eigenvalue weighted by Gasteiger charge is 2.37. The molecule has 22 heavy (non-hydrogen) atoms. The largest absolute Gasteiger partial charge is 0.480 e. The average Bonchev–Trinajstić information content (AvgIpc) is 2.77. The number of aliphatic carboxylic acids is 2. The zero-order chi connectivity index (χ0) is 16.9. The second-order valence-electron chi connectivity index (χ2n) is 5.18. The molecule has 126 valence electrons. The summed E-state index contributed by atoms with van der Waals surface area (Å²) in [5, 5.41) is 33.0. The zero-order valence-electron chi connectivity index (χ0n) is 12.1. The minimum atomic E-state index is -1.14. The van der Waals surface area contributed by atoms with Crippen molar-refractivity contribution in [2.45, 2.75) is 43.6 Å². The van der Waals surface area contributed by atoms with Crippen LogP contribution in [0.15, 0.2) is 0 Å². The molecule has 0 aromatic carbocycles. The van der Waals surface area contributed by atoms with Crippen molar-refractivity contribution in [2.24, 2.45) is 5.73 Å². The molecule has 1 heterocycles. The van der Waals surface area contributed by atoms with Crippen molar-refractivity contribution in [1.29, 1.82) is 0 Å². The topological polar surface area (TPSA) is 162 Å². The number of aliphatic hydroxyl groups is 1. The first kappa shape index (κ1) is 18.7. The number of rotatable bonds is 8. The fourth-order valence-corrected chi connectivity index (χ4v) is 3.36. The number of aliphatic hydroxyl groups excluding tert-OH is 1. The SMILES string of the molecule is CC(=O)N[C@@H](CSCC1NC(C(N)C(=O)O)CC1O)C(=O)O. The summed E-state index contributed by atoms with van der Waals surface area (Å²) in [6.07, 6.45) is -0.515. The van der Waals surface area contributed by atoms with Crippen molar-refractivity contribution < 1.29 is 29.7 Å². The maximum absolute atomic E-state index is 11.0. The summed E-state index contributed by atoms with van der Waals surface area (Å²) in [5.74, 6) is -2.18. The molecule has 7 N–H and O–H groups in total. The van der Waals surface area contributed by atoms with E-state index in [0.29, 0.717) is 5.75 Å². The van der Waals surface area contributed by atoms with Crippen molar-refractivity contribution in [2.75, 3.05) is 11.5 Å². The van der Waals surface area contributed by atoms with Crippen LogP contribution in [-0.2, 0) is 14.4 Å². The van der Waals surface area contributed by atoms with E-state index >= 15 is 0 Å². The number of carbonyl (C=O) groups is 3. The molecule has 1 saturated heterocycles. The smallest absolute Gasteiger partial charge is 0.327 e. The number of carboxylic acids is 2. The maximum Gasteiger partial charge on any atom is 0.327 e. The summed E-state index contributed by atoms with van der Waals surface area (Å²) in [5.41, 5.74) is 5.51. The first-order chi connectivity index (χ1) is 10.2. The number of hydrogen-bond acceptors (Lipinski definition) is 7. The number of nitrogens with one attached hydrogen (secondary N) is 2. The summed E-state index contributed by atoms with van der Waals surface area (Å²) < 4.78 is 0. The summed E-state index contributed by atoms with van der Waals surface area (Å²) in [6.45, 7) is 1.24. The third kappa shape index (κ3) is 5.44. The van der Waals surface area contributed by atoms with Crippen molar-refractivity contribution in [3.05, 3.63) is 0 Å². The quantitative estimate of drug-likeness (QED) is 0.289. The molecule has 1 aliphatic heterocycles. The van der Waals surface area contributed by atoms with Gasteiger partial charge in [0, 0.05) is 30.5 Å². The van der Waals surface area contributed by atoms with Gasteiger partial charge in [0.15, 0.2) is 0 Å². The van der Waals surface area contributed by atoms with E-state index in [1.165, 1.54) is 18.7 Å². The van der Waals surface area contributed by atoms with Crippen LogP contribution < -0.4 is 16.4 Å². The monoisotopic (exact) mass is 335 g/mol. The lowest BCUT2D eigenvalue weighted by Gasteiger charge is -2.18. The molecule has 0 radical (unpaired) electrons. The normalized spacial score (nSPS) is 27.1. The van der Waals surface area contributed by atoms with E-state index in [4.69, 9.17) is 15.9 Å². The molecule has 1 rings (SSSR count). The second-order valence-corrected chi connectivity index (χ2v) is 6.25. The van der Waals surface area contributed by atoms with E-state index < -0.39 is 42.1 Å². The van der Waals surface area contributed by atoms with Crippen molar-refractivity contribution >= 4 is 29.6 Å². The second kappa shape index (κ2) is 8.32. The Morgan fingerprint density at radius 3 is 2.50 bits per heavy atom. The van der Waals surface area contributed by atoms with E-state index in [1.807, 2.05) is 0 Å². The highest BCUT2D eigenvalue weighted by Crippen LogP contribution is 2.19. The third-order valence-corrected chi connectivity index (χ3v) is 4.53. The van der Waals surface area contributed by atoms with Crippen LogP contribution in [0, 0.1) is 0 Å². The predicted molar refractivity (Wildman–Crippen MR) is 79.5 cm³/mol. The molecule has 5 atom stereocenters. The fraction of sp³-hybridized carbons (Fsp3) is 0.750. The molecular formula is C12H21N3O6S. The van der Waals surface area contributed by atoms with Crippen LogP contribution in [0.5, 0.6) is 0 Å². The molecule has 1 fully saturated rings. The summed E-state index contributed by atoms with van der Waals surface area (Å²) in [6, 6.07) is -3.00. The van der Waals surface area contributed by atoms with Gasteiger partial charge in [-0.1, -0.05) is 0 Å². The highest BCUT2D eigenvalue weighted by molar-refractivity contribution is 7.99. The van der Waals surface area contributed by atoms with E-state index in [2.05, 4.69) is 10.6 Å². The molecule has 0 spiro atoms. The Morgan fingerprint density at radius 2 is 2.00 bits per heavy atom. The Balaban J connectivity index is 2.42. The van der Waals surface area contributed by atoms with Crippen LogP contribution in [0.1, 0.15) is 13.3 Å². The van der Waals surface area contributed by atoms with Crippen molar-refractivity contribution in [3.8, 4) is 0 Å². The third-order valence-electron chi connectivity index (χ3n) is 3.36. The predicted octanol–water partition coefficient (Wildman–Crippen LogP) is -2.19. The molecular weight excluding hydrogens is 314 g/mol. The summed E-state index contributed by atoms with van der Waals surface area (Å²) >= 11 is 1.25. The van der Waals surface area contributed by atoms with Crippen LogP contribution in [0.25, 0.3) is 0 Å². The Kier molecular flexibility index (Phi) is 7.07. The first-order valence-corrected chi connectivity index (χ1v) is 7.88.